The molecule has 0 aromatic heterocycles. The molecule has 1 fully saturated rings. The Hall–Kier alpha value is -3.16. The summed E-state index contributed by atoms with van der Waals surface area (Å²) in [6.07, 6.45) is 64.7. The van der Waals surface area contributed by atoms with Gasteiger partial charge in [0.15, 0.2) is 12.4 Å². The van der Waals surface area contributed by atoms with Gasteiger partial charge in [-0.1, -0.05) is 286 Å². The quantitative estimate of drug-likeness (QED) is 0.0195. The van der Waals surface area contributed by atoms with E-state index in [9.17, 15) is 35.1 Å². The second kappa shape index (κ2) is 57.3. The van der Waals surface area contributed by atoms with E-state index >= 15 is 0 Å². The van der Waals surface area contributed by atoms with Crippen molar-refractivity contribution in [3.8, 4) is 0 Å². The lowest BCUT2D eigenvalue weighted by atomic mass is 9.99. The van der Waals surface area contributed by atoms with E-state index in [1.807, 2.05) is 6.08 Å². The van der Waals surface area contributed by atoms with Gasteiger partial charge < -0.3 is 45.1 Å². The van der Waals surface area contributed by atoms with E-state index in [1.54, 1.807) is 6.08 Å². The molecule has 0 radical (unpaired) electrons. The fraction of sp³-hybridized carbons (Fsp3) is 0.771. The van der Waals surface area contributed by atoms with Gasteiger partial charge in [0.05, 0.1) is 25.4 Å². The molecular weight excluding hydrogens is 1010 g/mol. The van der Waals surface area contributed by atoms with Gasteiger partial charge in [-0.15, -0.1) is 0 Å². The zero-order valence-corrected chi connectivity index (χ0v) is 51.9. The highest BCUT2D eigenvalue weighted by Crippen LogP contribution is 2.26. The van der Waals surface area contributed by atoms with Crippen LogP contribution in [0.4, 0.5) is 0 Å². The van der Waals surface area contributed by atoms with Crippen LogP contribution in [0.15, 0.2) is 85.1 Å². The second-order valence-corrected chi connectivity index (χ2v) is 22.8. The zero-order chi connectivity index (χ0) is 58.9. The summed E-state index contributed by atoms with van der Waals surface area (Å²) in [5.41, 5.74) is 0. The minimum Gasteiger partial charge on any atom is -0.454 e. The Bertz CT molecular complexity index is 1640. The Morgan fingerprint density at radius 2 is 0.889 bits per heavy atom. The monoisotopic (exact) mass is 1140 g/mol. The Labute approximate surface area is 495 Å². The predicted molar refractivity (Wildman–Crippen MR) is 338 cm³/mol. The number of rotatable bonds is 56. The third kappa shape index (κ3) is 45.0. The van der Waals surface area contributed by atoms with Crippen molar-refractivity contribution in [2.75, 3.05) is 13.2 Å². The van der Waals surface area contributed by atoms with E-state index in [0.717, 1.165) is 96.3 Å². The van der Waals surface area contributed by atoms with Gasteiger partial charge in [0.2, 0.25) is 5.91 Å². The van der Waals surface area contributed by atoms with E-state index in [-0.39, 0.29) is 19.4 Å². The Kier molecular flexibility index (Phi) is 53.6. The lowest BCUT2D eigenvalue weighted by Crippen LogP contribution is -2.61. The number of ether oxygens (including phenoxy) is 3. The normalized spacial score (nSPS) is 19.2. The van der Waals surface area contributed by atoms with E-state index in [2.05, 4.69) is 99.0 Å². The van der Waals surface area contributed by atoms with Gasteiger partial charge in [0.1, 0.15) is 24.4 Å². The largest absolute Gasteiger partial charge is 0.454 e. The number of carbonyl (C=O) groups excluding carboxylic acids is 2. The molecule has 11 heteroatoms. The fourth-order valence-electron chi connectivity index (χ4n) is 10.1. The van der Waals surface area contributed by atoms with Crippen LogP contribution in [0.3, 0.4) is 0 Å². The lowest BCUT2D eigenvalue weighted by molar-refractivity contribution is -0.305. The average molecular weight is 1140 g/mol. The minimum absolute atomic E-state index is 0.121. The number of aliphatic hydroxyl groups excluding tert-OH is 5. The van der Waals surface area contributed by atoms with E-state index in [4.69, 9.17) is 14.2 Å². The van der Waals surface area contributed by atoms with Crippen molar-refractivity contribution in [2.24, 2.45) is 0 Å². The van der Waals surface area contributed by atoms with Crippen LogP contribution in [-0.2, 0) is 23.8 Å². The van der Waals surface area contributed by atoms with Crippen LogP contribution in [0.1, 0.15) is 284 Å². The highest BCUT2D eigenvalue weighted by atomic mass is 16.7. The van der Waals surface area contributed by atoms with Crippen LogP contribution in [0.5, 0.6) is 0 Å². The molecule has 1 saturated heterocycles. The first-order chi connectivity index (χ1) is 39.7. The van der Waals surface area contributed by atoms with Crippen LogP contribution in [0, 0.1) is 0 Å². The molecule has 1 amide bonds. The smallest absolute Gasteiger partial charge is 0.306 e. The van der Waals surface area contributed by atoms with Gasteiger partial charge in [-0.05, 0) is 77.0 Å². The average Bonchev–Trinajstić information content (AvgIpc) is 3.49. The molecule has 0 aromatic rings. The molecule has 468 valence electrons. The van der Waals surface area contributed by atoms with Crippen LogP contribution in [0.2, 0.25) is 0 Å². The summed E-state index contributed by atoms with van der Waals surface area (Å²) >= 11 is 0. The number of carbonyl (C=O) groups is 2. The summed E-state index contributed by atoms with van der Waals surface area (Å²) in [6.45, 7) is 5.68. The van der Waals surface area contributed by atoms with Crippen molar-refractivity contribution >= 4 is 11.9 Å². The number of esters is 1. The van der Waals surface area contributed by atoms with Crippen molar-refractivity contribution in [2.45, 2.75) is 333 Å². The van der Waals surface area contributed by atoms with Crippen LogP contribution < -0.4 is 5.32 Å². The van der Waals surface area contributed by atoms with Crippen molar-refractivity contribution in [3.63, 3.8) is 0 Å². The highest BCUT2D eigenvalue weighted by Gasteiger charge is 2.47. The summed E-state index contributed by atoms with van der Waals surface area (Å²) in [5.74, 6) is -1.22. The number of aliphatic hydroxyl groups is 5. The maximum absolute atomic E-state index is 13.5. The predicted octanol–water partition coefficient (Wildman–Crippen LogP) is 16.5. The van der Waals surface area contributed by atoms with Crippen molar-refractivity contribution in [3.05, 3.63) is 85.1 Å². The molecule has 8 atom stereocenters. The van der Waals surface area contributed by atoms with Crippen LogP contribution in [0.25, 0.3) is 0 Å². The van der Waals surface area contributed by atoms with Crippen molar-refractivity contribution in [1.29, 1.82) is 0 Å². The van der Waals surface area contributed by atoms with Crippen LogP contribution >= 0.6 is 0 Å². The summed E-state index contributed by atoms with van der Waals surface area (Å²) < 4.78 is 17.7. The molecule has 0 aliphatic carbocycles. The molecule has 0 spiro atoms. The standard InChI is InChI=1S/C70H123NO10/c1-4-7-10-13-16-19-22-25-27-29-30-31-32-33-35-36-39-42-45-48-51-54-57-63(74)69(78)71-61(62(73)56-53-50-47-44-41-38-24-21-18-15-12-9-6-3)60-79-70-68(67(77)66(76)64(59-72)80-70)81-65(75)58-55-52-49-46-43-40-37-34-28-26-23-20-17-14-11-8-5-2/h7,10,16,19,25,27,30-31,33,35,39,42,53,56,61-64,66-68,70,72-74,76-77H,4-6,8-9,11-15,17-18,20-24,26,28-29,32,34,36-38,40-41,43-52,54-55,57-60H2,1-3H3,(H,71,78)/b10-7-,19-16-,27-25-,31-30-,35-33-,42-39-,56-53+. The number of hydrogen-bond donors (Lipinski definition) is 6. The van der Waals surface area contributed by atoms with Gasteiger partial charge in [-0.2, -0.15) is 0 Å². The van der Waals surface area contributed by atoms with Gasteiger partial charge in [-0.3, -0.25) is 9.59 Å². The van der Waals surface area contributed by atoms with Crippen LogP contribution in [-0.4, -0.2) is 99.6 Å². The zero-order valence-electron chi connectivity index (χ0n) is 51.9. The molecule has 0 saturated carbocycles. The van der Waals surface area contributed by atoms with E-state index < -0.39 is 67.4 Å². The Morgan fingerprint density at radius 3 is 1.33 bits per heavy atom. The first-order valence-electron chi connectivity index (χ1n) is 33.4. The third-order valence-corrected chi connectivity index (χ3v) is 15.3. The third-order valence-electron chi connectivity index (χ3n) is 15.3. The molecule has 1 rings (SSSR count). The second-order valence-electron chi connectivity index (χ2n) is 22.8. The summed E-state index contributed by atoms with van der Waals surface area (Å²) in [7, 11) is 0. The minimum atomic E-state index is -1.62. The number of nitrogens with one attached hydrogen (secondary N) is 1. The molecular formula is C70H123NO10. The van der Waals surface area contributed by atoms with E-state index in [1.165, 1.54) is 141 Å². The SMILES string of the molecule is CC/C=C\C/C=C\C/C=C\C/C=C\C/C=C\C/C=C\CCCCCC(O)C(=O)NC(COC1OC(CO)C(O)C(O)C1OC(=O)CCCCCCCCCCCCCCCCCCC)C(O)/C=C/CCCCCCCCCCCCC. The van der Waals surface area contributed by atoms with E-state index in [0.29, 0.717) is 12.8 Å². The Morgan fingerprint density at radius 1 is 0.494 bits per heavy atom. The maximum Gasteiger partial charge on any atom is 0.306 e. The molecule has 81 heavy (non-hydrogen) atoms. The number of allylic oxidation sites excluding steroid dienone is 13. The summed E-state index contributed by atoms with van der Waals surface area (Å²) in [4.78, 5) is 26.6. The number of unbranched alkanes of at least 4 members (excludes halogenated alkanes) is 30. The van der Waals surface area contributed by atoms with Gasteiger partial charge >= 0.3 is 5.97 Å². The fourth-order valence-corrected chi connectivity index (χ4v) is 10.1. The summed E-state index contributed by atoms with van der Waals surface area (Å²) in [6, 6.07) is -1.04. The molecule has 1 heterocycles. The van der Waals surface area contributed by atoms with Gasteiger partial charge in [-0.25, -0.2) is 0 Å². The van der Waals surface area contributed by atoms with Crippen molar-refractivity contribution in [1.82, 2.24) is 5.32 Å². The first-order valence-corrected chi connectivity index (χ1v) is 33.4. The van der Waals surface area contributed by atoms with Gasteiger partial charge in [0.25, 0.3) is 0 Å². The highest BCUT2D eigenvalue weighted by molar-refractivity contribution is 5.80. The maximum atomic E-state index is 13.5. The molecule has 1 aliphatic rings. The summed E-state index contributed by atoms with van der Waals surface area (Å²) in [5, 5.41) is 57.1. The number of amides is 1. The van der Waals surface area contributed by atoms with Crippen molar-refractivity contribution < 1.29 is 49.3 Å². The topological polar surface area (TPSA) is 175 Å². The van der Waals surface area contributed by atoms with Gasteiger partial charge in [0, 0.05) is 6.42 Å². The molecule has 1 aliphatic heterocycles. The molecule has 0 bridgehead atoms. The molecule has 6 N–H and O–H groups in total. The molecule has 11 nitrogen and oxygen atoms in total. The molecule has 0 aromatic carbocycles. The lowest BCUT2D eigenvalue weighted by Gasteiger charge is -2.41. The Balaban J connectivity index is 2.68. The first kappa shape index (κ1) is 75.9. The number of hydrogen-bond acceptors (Lipinski definition) is 10. The molecule has 8 unspecified atom stereocenters.